The fraction of sp³-hybridized carbons (Fsp3) is 0.500. The van der Waals surface area contributed by atoms with Crippen LogP contribution in [0.2, 0.25) is 0 Å². The number of phenolic OH excluding ortho intramolecular Hbond substituents is 1. The summed E-state index contributed by atoms with van der Waals surface area (Å²) in [5, 5.41) is 18.6. The highest BCUT2D eigenvalue weighted by atomic mass is 16.4. The number of carbonyl (C=O) groups is 1. The number of rotatable bonds is 3. The van der Waals surface area contributed by atoms with E-state index in [0.29, 0.717) is 6.42 Å². The van der Waals surface area contributed by atoms with Gasteiger partial charge in [-0.05, 0) is 36.0 Å². The largest absolute Gasteiger partial charge is 0.508 e. The third kappa shape index (κ3) is 3.22. The molecule has 0 saturated heterocycles. The van der Waals surface area contributed by atoms with Crippen molar-refractivity contribution in [1.82, 2.24) is 0 Å². The molecule has 17 heavy (non-hydrogen) atoms. The smallest absolute Gasteiger partial charge is 0.303 e. The second kappa shape index (κ2) is 4.78. The van der Waals surface area contributed by atoms with Crippen LogP contribution >= 0.6 is 0 Å². The summed E-state index contributed by atoms with van der Waals surface area (Å²) in [6.45, 7) is 8.06. The molecule has 0 spiro atoms. The number of aliphatic carboxylic acids is 1. The van der Waals surface area contributed by atoms with E-state index in [2.05, 4.69) is 0 Å². The van der Waals surface area contributed by atoms with Gasteiger partial charge < -0.3 is 10.2 Å². The molecule has 0 aromatic heterocycles. The fourth-order valence-corrected chi connectivity index (χ4v) is 2.20. The average Bonchev–Trinajstić information content (AvgIpc) is 2.14. The Labute approximate surface area is 102 Å². The van der Waals surface area contributed by atoms with Crippen LogP contribution in [0.15, 0.2) is 12.1 Å². The maximum atomic E-state index is 10.6. The number of aryl methyl sites for hydroxylation is 1. The van der Waals surface area contributed by atoms with Crippen molar-refractivity contribution < 1.29 is 15.0 Å². The number of hydrogen-bond acceptors (Lipinski definition) is 2. The van der Waals surface area contributed by atoms with Gasteiger partial charge in [-0.1, -0.05) is 26.8 Å². The molecule has 2 N–H and O–H groups in total. The molecule has 0 aliphatic rings. The zero-order valence-corrected chi connectivity index (χ0v) is 10.9. The normalized spacial score (nSPS) is 11.5. The van der Waals surface area contributed by atoms with Crippen molar-refractivity contribution in [3.8, 4) is 5.75 Å². The minimum atomic E-state index is -0.796. The van der Waals surface area contributed by atoms with E-state index in [9.17, 15) is 9.90 Å². The predicted octanol–water partition coefficient (Wildman–Crippen LogP) is 3.02. The van der Waals surface area contributed by atoms with Crippen LogP contribution in [0.5, 0.6) is 5.75 Å². The Kier molecular flexibility index (Phi) is 3.81. The van der Waals surface area contributed by atoms with Crippen molar-refractivity contribution in [3.05, 3.63) is 28.8 Å². The van der Waals surface area contributed by atoms with Gasteiger partial charge in [0, 0.05) is 12.0 Å². The Morgan fingerprint density at radius 1 is 1.29 bits per heavy atom. The van der Waals surface area contributed by atoms with Crippen LogP contribution in [-0.2, 0) is 16.6 Å². The molecule has 0 amide bonds. The first kappa shape index (κ1) is 13.6. The molecule has 3 nitrogen and oxygen atoms in total. The van der Waals surface area contributed by atoms with Gasteiger partial charge in [-0.3, -0.25) is 4.79 Å². The van der Waals surface area contributed by atoms with E-state index in [0.717, 1.165) is 16.7 Å². The molecule has 0 bridgehead atoms. The van der Waals surface area contributed by atoms with Crippen molar-refractivity contribution in [3.63, 3.8) is 0 Å². The first-order chi connectivity index (χ1) is 7.73. The van der Waals surface area contributed by atoms with E-state index in [-0.39, 0.29) is 17.6 Å². The first-order valence-corrected chi connectivity index (χ1v) is 5.77. The zero-order chi connectivity index (χ0) is 13.2. The van der Waals surface area contributed by atoms with E-state index >= 15 is 0 Å². The van der Waals surface area contributed by atoms with Gasteiger partial charge in [0.25, 0.3) is 0 Å². The van der Waals surface area contributed by atoms with Crippen molar-refractivity contribution >= 4 is 5.97 Å². The minimum absolute atomic E-state index is 0.120. The third-order valence-electron chi connectivity index (χ3n) is 2.91. The molecule has 0 unspecified atom stereocenters. The summed E-state index contributed by atoms with van der Waals surface area (Å²) in [4.78, 5) is 10.6. The number of aromatic hydroxyl groups is 1. The molecule has 3 heteroatoms. The van der Waals surface area contributed by atoms with Crippen molar-refractivity contribution in [1.29, 1.82) is 0 Å². The van der Waals surface area contributed by atoms with Crippen LogP contribution in [0.25, 0.3) is 0 Å². The van der Waals surface area contributed by atoms with Gasteiger partial charge in [-0.25, -0.2) is 0 Å². The summed E-state index contributed by atoms with van der Waals surface area (Å²) < 4.78 is 0. The topological polar surface area (TPSA) is 57.5 Å². The summed E-state index contributed by atoms with van der Waals surface area (Å²) in [5.74, 6) is -0.510. The second-order valence-corrected chi connectivity index (χ2v) is 5.39. The molecule has 1 aromatic rings. The average molecular weight is 236 g/mol. The Morgan fingerprint density at radius 3 is 2.35 bits per heavy atom. The molecule has 0 radical (unpaired) electrons. The summed E-state index contributed by atoms with van der Waals surface area (Å²) >= 11 is 0. The molecule has 0 heterocycles. The number of hydrogen-bond donors (Lipinski definition) is 2. The highest BCUT2D eigenvalue weighted by Gasteiger charge is 2.22. The Balaban J connectivity index is 3.15. The highest BCUT2D eigenvalue weighted by molar-refractivity contribution is 5.67. The number of carboxylic acids is 1. The molecule has 0 aliphatic carbocycles. The molecular weight excluding hydrogens is 216 g/mol. The molecule has 0 fully saturated rings. The summed E-state index contributed by atoms with van der Waals surface area (Å²) in [7, 11) is 0. The maximum Gasteiger partial charge on any atom is 0.303 e. The summed E-state index contributed by atoms with van der Waals surface area (Å²) in [6.07, 6.45) is 0.625. The minimum Gasteiger partial charge on any atom is -0.508 e. The Hall–Kier alpha value is -1.51. The van der Waals surface area contributed by atoms with E-state index in [1.165, 1.54) is 0 Å². The first-order valence-electron chi connectivity index (χ1n) is 5.77. The lowest BCUT2D eigenvalue weighted by molar-refractivity contribution is -0.136. The van der Waals surface area contributed by atoms with E-state index < -0.39 is 5.97 Å². The highest BCUT2D eigenvalue weighted by Crippen LogP contribution is 2.35. The van der Waals surface area contributed by atoms with Gasteiger partial charge in [0.2, 0.25) is 0 Å². The van der Waals surface area contributed by atoms with Gasteiger partial charge in [-0.15, -0.1) is 0 Å². The summed E-state index contributed by atoms with van der Waals surface area (Å²) in [5.41, 5.74) is 2.75. The molecule has 1 rings (SSSR count). The predicted molar refractivity (Wildman–Crippen MR) is 67.5 cm³/mol. The molecule has 94 valence electrons. The lowest BCUT2D eigenvalue weighted by Crippen LogP contribution is -2.15. The Morgan fingerprint density at radius 2 is 1.88 bits per heavy atom. The SMILES string of the molecule is Cc1c(CCC(=O)O)ccc(O)c1C(C)(C)C. The number of phenols is 1. The van der Waals surface area contributed by atoms with Gasteiger partial charge in [0.1, 0.15) is 5.75 Å². The van der Waals surface area contributed by atoms with Crippen molar-refractivity contribution in [2.24, 2.45) is 0 Å². The standard InChI is InChI=1S/C14H20O3/c1-9-10(6-8-12(16)17)5-7-11(15)13(9)14(2,3)4/h5,7,15H,6,8H2,1-4H3,(H,16,17). The lowest BCUT2D eigenvalue weighted by atomic mass is 9.81. The third-order valence-corrected chi connectivity index (χ3v) is 2.91. The second-order valence-electron chi connectivity index (χ2n) is 5.39. The molecule has 0 aliphatic heterocycles. The number of benzene rings is 1. The van der Waals surface area contributed by atoms with Gasteiger partial charge >= 0.3 is 5.97 Å². The van der Waals surface area contributed by atoms with Crippen LogP contribution in [0, 0.1) is 6.92 Å². The summed E-state index contributed by atoms with van der Waals surface area (Å²) in [6, 6.07) is 3.47. The lowest BCUT2D eigenvalue weighted by Gasteiger charge is -2.24. The van der Waals surface area contributed by atoms with Gasteiger partial charge in [0.15, 0.2) is 0 Å². The quantitative estimate of drug-likeness (QED) is 0.848. The van der Waals surface area contributed by atoms with Crippen LogP contribution in [0.4, 0.5) is 0 Å². The monoisotopic (exact) mass is 236 g/mol. The fourth-order valence-electron chi connectivity index (χ4n) is 2.20. The molecule has 1 aromatic carbocycles. The van der Waals surface area contributed by atoms with Crippen LogP contribution in [0.3, 0.4) is 0 Å². The van der Waals surface area contributed by atoms with Gasteiger partial charge in [-0.2, -0.15) is 0 Å². The molecular formula is C14H20O3. The molecule has 0 saturated carbocycles. The zero-order valence-electron chi connectivity index (χ0n) is 10.9. The van der Waals surface area contributed by atoms with Gasteiger partial charge in [0.05, 0.1) is 0 Å². The Bertz CT molecular complexity index is 428. The maximum absolute atomic E-state index is 10.6. The van der Waals surface area contributed by atoms with Crippen LogP contribution in [0.1, 0.15) is 43.9 Å². The van der Waals surface area contributed by atoms with Crippen molar-refractivity contribution in [2.45, 2.75) is 46.0 Å². The van der Waals surface area contributed by atoms with Crippen LogP contribution < -0.4 is 0 Å². The number of carboxylic acid groups (broad SMARTS) is 1. The molecule has 0 atom stereocenters. The van der Waals surface area contributed by atoms with E-state index in [4.69, 9.17) is 5.11 Å². The van der Waals surface area contributed by atoms with E-state index in [1.54, 1.807) is 6.07 Å². The van der Waals surface area contributed by atoms with Crippen LogP contribution in [-0.4, -0.2) is 16.2 Å². The van der Waals surface area contributed by atoms with Crippen molar-refractivity contribution in [2.75, 3.05) is 0 Å². The van der Waals surface area contributed by atoms with E-state index in [1.807, 2.05) is 33.8 Å².